The molecular weight excluding hydrogens is 334 g/mol. The standard InChI is InChI=1S/C15H12ClN5OS/c16-12-4-1-5-13(7-12)19-14(22)9-23-21-10-18-15(20-21)11-3-2-6-17-8-11/h1-8,10H,9H2,(H,19,22). The van der Waals surface area contributed by atoms with Crippen LogP contribution in [0.1, 0.15) is 0 Å². The lowest BCUT2D eigenvalue weighted by Crippen LogP contribution is -2.15. The fourth-order valence-electron chi connectivity index (χ4n) is 1.83. The average molecular weight is 346 g/mol. The van der Waals surface area contributed by atoms with Gasteiger partial charge in [-0.3, -0.25) is 9.78 Å². The SMILES string of the molecule is O=C(CSn1cnc(-c2cccnc2)n1)Nc1cccc(Cl)c1. The lowest BCUT2D eigenvalue weighted by atomic mass is 10.3. The van der Waals surface area contributed by atoms with Crippen LogP contribution in [0.5, 0.6) is 0 Å². The van der Waals surface area contributed by atoms with Crippen molar-refractivity contribution in [1.29, 1.82) is 0 Å². The van der Waals surface area contributed by atoms with E-state index >= 15 is 0 Å². The van der Waals surface area contributed by atoms with Crippen molar-refractivity contribution in [3.8, 4) is 11.4 Å². The summed E-state index contributed by atoms with van der Waals surface area (Å²) in [4.78, 5) is 20.2. The molecule has 1 aromatic carbocycles. The Morgan fingerprint density at radius 3 is 3.00 bits per heavy atom. The van der Waals surface area contributed by atoms with Gasteiger partial charge in [-0.15, -0.1) is 5.10 Å². The summed E-state index contributed by atoms with van der Waals surface area (Å²) in [6.07, 6.45) is 4.95. The number of halogens is 1. The Morgan fingerprint density at radius 1 is 1.30 bits per heavy atom. The number of amides is 1. The van der Waals surface area contributed by atoms with Gasteiger partial charge in [0.1, 0.15) is 6.33 Å². The molecule has 0 saturated heterocycles. The molecule has 0 aliphatic rings. The highest BCUT2D eigenvalue weighted by Crippen LogP contribution is 2.16. The van der Waals surface area contributed by atoms with E-state index in [0.29, 0.717) is 16.5 Å². The maximum atomic E-state index is 11.9. The Bertz CT molecular complexity index is 808. The summed E-state index contributed by atoms with van der Waals surface area (Å²) >= 11 is 7.12. The lowest BCUT2D eigenvalue weighted by molar-refractivity contribution is -0.113. The van der Waals surface area contributed by atoms with Gasteiger partial charge in [0, 0.05) is 28.7 Å². The van der Waals surface area contributed by atoms with E-state index in [1.54, 1.807) is 47.1 Å². The third-order valence-corrected chi connectivity index (χ3v) is 3.89. The van der Waals surface area contributed by atoms with Gasteiger partial charge in [0.25, 0.3) is 0 Å². The molecule has 116 valence electrons. The Morgan fingerprint density at radius 2 is 2.22 bits per heavy atom. The van der Waals surface area contributed by atoms with Crippen molar-refractivity contribution in [2.45, 2.75) is 0 Å². The normalized spacial score (nSPS) is 10.5. The number of hydrogen-bond acceptors (Lipinski definition) is 5. The molecule has 0 atom stereocenters. The van der Waals surface area contributed by atoms with Gasteiger partial charge in [0.05, 0.1) is 5.75 Å². The predicted molar refractivity (Wildman–Crippen MR) is 91.2 cm³/mol. The zero-order valence-corrected chi connectivity index (χ0v) is 13.5. The molecule has 0 saturated carbocycles. The smallest absolute Gasteiger partial charge is 0.236 e. The molecule has 0 aliphatic heterocycles. The van der Waals surface area contributed by atoms with Crippen molar-refractivity contribution in [3.05, 3.63) is 60.1 Å². The molecule has 0 spiro atoms. The number of nitrogens with one attached hydrogen (secondary N) is 1. The Kier molecular flexibility index (Phi) is 4.89. The molecule has 0 radical (unpaired) electrons. The van der Waals surface area contributed by atoms with Gasteiger partial charge in [-0.2, -0.15) is 4.09 Å². The van der Waals surface area contributed by atoms with Crippen LogP contribution < -0.4 is 5.32 Å². The lowest BCUT2D eigenvalue weighted by Gasteiger charge is -2.04. The Hall–Kier alpha value is -2.38. The van der Waals surface area contributed by atoms with Crippen LogP contribution in [0.25, 0.3) is 11.4 Å². The minimum atomic E-state index is -0.143. The van der Waals surface area contributed by atoms with Crippen LogP contribution in [0.3, 0.4) is 0 Å². The summed E-state index contributed by atoms with van der Waals surface area (Å²) in [5.41, 5.74) is 1.49. The molecule has 0 unspecified atom stereocenters. The summed E-state index contributed by atoms with van der Waals surface area (Å²) in [6.45, 7) is 0. The van der Waals surface area contributed by atoms with Crippen molar-refractivity contribution < 1.29 is 4.79 Å². The van der Waals surface area contributed by atoms with E-state index in [2.05, 4.69) is 20.4 Å². The molecule has 3 aromatic rings. The molecule has 1 amide bonds. The molecule has 23 heavy (non-hydrogen) atoms. The first-order valence-electron chi connectivity index (χ1n) is 6.71. The van der Waals surface area contributed by atoms with Gasteiger partial charge < -0.3 is 5.32 Å². The quantitative estimate of drug-likeness (QED) is 0.769. The number of carbonyl (C=O) groups is 1. The first-order chi connectivity index (χ1) is 11.2. The van der Waals surface area contributed by atoms with Crippen molar-refractivity contribution in [1.82, 2.24) is 19.2 Å². The molecule has 3 rings (SSSR count). The predicted octanol–water partition coefficient (Wildman–Crippen LogP) is 3.13. The Balaban J connectivity index is 1.56. The third-order valence-electron chi connectivity index (χ3n) is 2.83. The maximum absolute atomic E-state index is 11.9. The van der Waals surface area contributed by atoms with E-state index in [-0.39, 0.29) is 11.7 Å². The van der Waals surface area contributed by atoms with E-state index in [4.69, 9.17) is 11.6 Å². The van der Waals surface area contributed by atoms with Crippen LogP contribution in [-0.4, -0.2) is 30.8 Å². The average Bonchev–Trinajstić information content (AvgIpc) is 3.03. The summed E-state index contributed by atoms with van der Waals surface area (Å²) < 4.78 is 1.56. The number of pyridine rings is 1. The molecule has 6 nitrogen and oxygen atoms in total. The van der Waals surface area contributed by atoms with Crippen LogP contribution in [-0.2, 0) is 4.79 Å². The summed E-state index contributed by atoms with van der Waals surface area (Å²) in [6, 6.07) is 10.7. The number of benzene rings is 1. The molecule has 0 aliphatic carbocycles. The van der Waals surface area contributed by atoms with E-state index in [1.165, 1.54) is 11.9 Å². The van der Waals surface area contributed by atoms with Gasteiger partial charge >= 0.3 is 0 Å². The number of nitrogens with zero attached hydrogens (tertiary/aromatic N) is 4. The van der Waals surface area contributed by atoms with Crippen LogP contribution in [0.4, 0.5) is 5.69 Å². The summed E-state index contributed by atoms with van der Waals surface area (Å²) in [5.74, 6) is 0.638. The van der Waals surface area contributed by atoms with Gasteiger partial charge in [0.2, 0.25) is 5.91 Å². The molecule has 0 fully saturated rings. The van der Waals surface area contributed by atoms with E-state index < -0.39 is 0 Å². The zero-order valence-electron chi connectivity index (χ0n) is 11.9. The molecule has 2 aromatic heterocycles. The minimum Gasteiger partial charge on any atom is -0.325 e. The second-order valence-corrected chi connectivity index (χ2v) is 5.90. The van der Waals surface area contributed by atoms with Gasteiger partial charge in [-0.05, 0) is 42.3 Å². The number of hydrogen-bond donors (Lipinski definition) is 1. The van der Waals surface area contributed by atoms with Crippen molar-refractivity contribution >= 4 is 35.1 Å². The fourth-order valence-corrected chi connectivity index (χ4v) is 2.59. The zero-order chi connectivity index (χ0) is 16.1. The van der Waals surface area contributed by atoms with Crippen molar-refractivity contribution in [3.63, 3.8) is 0 Å². The van der Waals surface area contributed by atoms with E-state index in [9.17, 15) is 4.79 Å². The molecule has 1 N–H and O–H groups in total. The summed E-state index contributed by atoms with van der Waals surface area (Å²) in [7, 11) is 0. The highest BCUT2D eigenvalue weighted by atomic mass is 35.5. The molecule has 2 heterocycles. The van der Waals surface area contributed by atoms with Gasteiger partial charge in [0.15, 0.2) is 5.82 Å². The Labute approximate surface area is 142 Å². The monoisotopic (exact) mass is 345 g/mol. The number of rotatable bonds is 5. The summed E-state index contributed by atoms with van der Waals surface area (Å²) in [5, 5.41) is 7.65. The van der Waals surface area contributed by atoms with Crippen LogP contribution >= 0.6 is 23.5 Å². The number of anilines is 1. The van der Waals surface area contributed by atoms with Crippen LogP contribution in [0, 0.1) is 0 Å². The highest BCUT2D eigenvalue weighted by molar-refractivity contribution is 7.98. The van der Waals surface area contributed by atoms with Gasteiger partial charge in [-0.25, -0.2) is 4.98 Å². The third kappa shape index (κ3) is 4.30. The van der Waals surface area contributed by atoms with Gasteiger partial charge in [-0.1, -0.05) is 17.7 Å². The highest BCUT2D eigenvalue weighted by Gasteiger charge is 2.07. The first-order valence-corrected chi connectivity index (χ1v) is 8.03. The first kappa shape index (κ1) is 15.5. The largest absolute Gasteiger partial charge is 0.325 e. The second-order valence-electron chi connectivity index (χ2n) is 4.54. The van der Waals surface area contributed by atoms with E-state index in [0.717, 1.165) is 5.56 Å². The number of carbonyl (C=O) groups excluding carboxylic acids is 1. The van der Waals surface area contributed by atoms with Crippen LogP contribution in [0.2, 0.25) is 5.02 Å². The topological polar surface area (TPSA) is 72.7 Å². The van der Waals surface area contributed by atoms with Crippen molar-refractivity contribution in [2.75, 3.05) is 11.1 Å². The minimum absolute atomic E-state index is 0.143. The molecule has 8 heteroatoms. The number of aromatic nitrogens is 4. The van der Waals surface area contributed by atoms with Crippen molar-refractivity contribution in [2.24, 2.45) is 0 Å². The maximum Gasteiger partial charge on any atom is 0.236 e. The fraction of sp³-hybridized carbons (Fsp3) is 0.0667. The van der Waals surface area contributed by atoms with Crippen LogP contribution in [0.15, 0.2) is 55.1 Å². The van der Waals surface area contributed by atoms with E-state index in [1.807, 2.05) is 12.1 Å². The molecular formula is C15H12ClN5OS. The second kappa shape index (κ2) is 7.26. The molecule has 0 bridgehead atoms.